The van der Waals surface area contributed by atoms with Crippen molar-refractivity contribution >= 4 is 23.2 Å². The van der Waals surface area contributed by atoms with E-state index in [1.165, 1.54) is 0 Å². The first-order chi connectivity index (χ1) is 12.2. The van der Waals surface area contributed by atoms with Gasteiger partial charge in [0.2, 0.25) is 0 Å². The van der Waals surface area contributed by atoms with Crippen LogP contribution in [0.1, 0.15) is 38.8 Å². The van der Waals surface area contributed by atoms with Gasteiger partial charge in [-0.25, -0.2) is 0 Å². The maximum atomic E-state index is 6.51. The Bertz CT molecular complexity index is 702. The van der Waals surface area contributed by atoms with Crippen molar-refractivity contribution in [3.8, 4) is 22.6 Å². The van der Waals surface area contributed by atoms with Gasteiger partial charge in [0.25, 0.3) is 0 Å². The van der Waals surface area contributed by atoms with Crippen LogP contribution >= 0.6 is 23.2 Å². The van der Waals surface area contributed by atoms with Crippen LogP contribution in [0.25, 0.3) is 11.1 Å². The number of hydrogen-bond donors (Lipinski definition) is 0. The van der Waals surface area contributed by atoms with Gasteiger partial charge in [0.15, 0.2) is 0 Å². The van der Waals surface area contributed by atoms with E-state index in [9.17, 15) is 0 Å². The van der Waals surface area contributed by atoms with Crippen LogP contribution in [-0.4, -0.2) is 13.2 Å². The average Bonchev–Trinajstić information content (AvgIpc) is 2.56. The van der Waals surface area contributed by atoms with Crippen molar-refractivity contribution in [1.29, 1.82) is 0 Å². The quantitative estimate of drug-likeness (QED) is 0.488. The lowest BCUT2D eigenvalue weighted by atomic mass is 9.94. The second-order valence-electron chi connectivity index (χ2n) is 7.55. The van der Waals surface area contributed by atoms with E-state index in [1.807, 2.05) is 24.3 Å². The van der Waals surface area contributed by atoms with E-state index in [0.717, 1.165) is 22.3 Å². The number of hydrogen-bond acceptors (Lipinski definition) is 2. The third kappa shape index (κ3) is 4.86. The van der Waals surface area contributed by atoms with E-state index < -0.39 is 0 Å². The van der Waals surface area contributed by atoms with Crippen LogP contribution in [-0.2, 0) is 0 Å². The molecule has 0 saturated carbocycles. The molecule has 2 aromatic carbocycles. The highest BCUT2D eigenvalue weighted by molar-refractivity contribution is 6.33. The highest BCUT2D eigenvalue weighted by Gasteiger charge is 2.22. The molecule has 0 saturated heterocycles. The molecule has 2 nitrogen and oxygen atoms in total. The van der Waals surface area contributed by atoms with E-state index in [0.29, 0.717) is 46.6 Å². The lowest BCUT2D eigenvalue weighted by Gasteiger charge is -2.22. The summed E-state index contributed by atoms with van der Waals surface area (Å²) >= 11 is 13.0. The van der Waals surface area contributed by atoms with Gasteiger partial charge in [0.05, 0.1) is 23.3 Å². The zero-order valence-electron chi connectivity index (χ0n) is 16.5. The van der Waals surface area contributed by atoms with E-state index in [-0.39, 0.29) is 0 Å². The fourth-order valence-electron chi connectivity index (χ4n) is 2.71. The Morgan fingerprint density at radius 3 is 1.35 bits per heavy atom. The Labute approximate surface area is 167 Å². The first-order valence-electron chi connectivity index (χ1n) is 9.06. The van der Waals surface area contributed by atoms with Crippen LogP contribution in [0.2, 0.25) is 10.0 Å². The molecular weight excluding hydrogens is 367 g/mol. The summed E-state index contributed by atoms with van der Waals surface area (Å²) in [6, 6.07) is 7.77. The minimum absolute atomic E-state index is 0.400. The summed E-state index contributed by atoms with van der Waals surface area (Å²) in [6.45, 7) is 13.8. The van der Waals surface area contributed by atoms with Crippen molar-refractivity contribution in [2.45, 2.75) is 41.5 Å². The van der Waals surface area contributed by atoms with Crippen LogP contribution < -0.4 is 9.47 Å². The van der Waals surface area contributed by atoms with Crippen LogP contribution in [0.3, 0.4) is 0 Å². The Morgan fingerprint density at radius 2 is 1.04 bits per heavy atom. The van der Waals surface area contributed by atoms with Crippen LogP contribution in [0.5, 0.6) is 11.5 Å². The van der Waals surface area contributed by atoms with Crippen molar-refractivity contribution in [1.82, 2.24) is 0 Å². The van der Waals surface area contributed by atoms with Gasteiger partial charge in [-0.3, -0.25) is 0 Å². The van der Waals surface area contributed by atoms with Gasteiger partial charge in [0, 0.05) is 11.1 Å². The summed E-state index contributed by atoms with van der Waals surface area (Å²) in [7, 11) is 0. The smallest absolute Gasteiger partial charge is 0.146 e. The topological polar surface area (TPSA) is 18.5 Å². The van der Waals surface area contributed by atoms with Crippen molar-refractivity contribution < 1.29 is 9.47 Å². The molecule has 2 aromatic rings. The van der Waals surface area contributed by atoms with E-state index in [1.54, 1.807) is 0 Å². The normalized spacial score (nSPS) is 11.3. The van der Waals surface area contributed by atoms with Gasteiger partial charge in [0.1, 0.15) is 11.5 Å². The number of ether oxygens (including phenoxy) is 2. The van der Waals surface area contributed by atoms with Gasteiger partial charge in [-0.05, 0) is 48.9 Å². The summed E-state index contributed by atoms with van der Waals surface area (Å²) in [4.78, 5) is 0. The lowest BCUT2D eigenvalue weighted by Crippen LogP contribution is -2.09. The molecule has 0 atom stereocenters. The maximum absolute atomic E-state index is 6.51. The van der Waals surface area contributed by atoms with Crippen molar-refractivity contribution in [2.24, 2.45) is 11.8 Å². The van der Waals surface area contributed by atoms with E-state index in [4.69, 9.17) is 32.7 Å². The summed E-state index contributed by atoms with van der Waals surface area (Å²) in [5, 5.41) is 1.20. The number of aryl methyl sites for hydroxylation is 2. The summed E-state index contributed by atoms with van der Waals surface area (Å²) in [6.07, 6.45) is 0. The fraction of sp³-hybridized carbons (Fsp3) is 0.455. The highest BCUT2D eigenvalue weighted by atomic mass is 35.5. The van der Waals surface area contributed by atoms with Crippen LogP contribution in [0.15, 0.2) is 24.3 Å². The molecule has 0 N–H and O–H groups in total. The minimum atomic E-state index is 0.400. The molecule has 0 aromatic heterocycles. The maximum Gasteiger partial charge on any atom is 0.146 e. The van der Waals surface area contributed by atoms with Crippen molar-refractivity contribution in [3.05, 3.63) is 45.4 Å². The molecule has 0 fully saturated rings. The van der Waals surface area contributed by atoms with Crippen molar-refractivity contribution in [2.75, 3.05) is 13.2 Å². The predicted molar refractivity (Wildman–Crippen MR) is 112 cm³/mol. The van der Waals surface area contributed by atoms with Gasteiger partial charge in [-0.15, -0.1) is 0 Å². The SMILES string of the molecule is Cc1ccc(Cl)c(OCC(C)C)c1-c1c(C)ccc(Cl)c1OCC(C)C. The first-order valence-corrected chi connectivity index (χ1v) is 9.82. The Balaban J connectivity index is 2.67. The van der Waals surface area contributed by atoms with Gasteiger partial charge in [-0.2, -0.15) is 0 Å². The molecule has 2 rings (SSSR count). The van der Waals surface area contributed by atoms with Crippen LogP contribution in [0, 0.1) is 25.7 Å². The molecule has 0 aliphatic heterocycles. The molecule has 0 spiro atoms. The monoisotopic (exact) mass is 394 g/mol. The lowest BCUT2D eigenvalue weighted by molar-refractivity contribution is 0.268. The van der Waals surface area contributed by atoms with E-state index >= 15 is 0 Å². The summed E-state index contributed by atoms with van der Waals surface area (Å²) in [5.74, 6) is 2.19. The van der Waals surface area contributed by atoms with Gasteiger partial charge in [-0.1, -0.05) is 63.0 Å². The predicted octanol–water partition coefficient (Wildman–Crippen LogP) is 7.35. The Hall–Kier alpha value is -1.38. The molecule has 0 bridgehead atoms. The molecule has 0 radical (unpaired) electrons. The minimum Gasteiger partial charge on any atom is -0.491 e. The average molecular weight is 395 g/mol. The molecule has 26 heavy (non-hydrogen) atoms. The molecule has 142 valence electrons. The Morgan fingerprint density at radius 1 is 0.692 bits per heavy atom. The molecular formula is C22H28Cl2O2. The molecule has 0 aliphatic carbocycles. The van der Waals surface area contributed by atoms with Gasteiger partial charge >= 0.3 is 0 Å². The highest BCUT2D eigenvalue weighted by Crippen LogP contribution is 2.47. The third-order valence-corrected chi connectivity index (χ3v) is 4.60. The second-order valence-corrected chi connectivity index (χ2v) is 8.36. The molecule has 0 heterocycles. The standard InChI is InChI=1S/C22H28Cl2O2/c1-13(2)11-25-21-17(23)9-7-15(5)19(21)20-16(6)8-10-18(24)22(20)26-12-14(3)4/h7-10,13-14H,11-12H2,1-6H3. The molecule has 0 amide bonds. The first kappa shape index (κ1) is 20.9. The van der Waals surface area contributed by atoms with Gasteiger partial charge < -0.3 is 9.47 Å². The summed E-state index contributed by atoms with van der Waals surface area (Å²) < 4.78 is 12.2. The fourth-order valence-corrected chi connectivity index (χ4v) is 3.14. The second kappa shape index (κ2) is 9.01. The zero-order chi connectivity index (χ0) is 19.4. The largest absolute Gasteiger partial charge is 0.491 e. The number of rotatable bonds is 7. The van der Waals surface area contributed by atoms with E-state index in [2.05, 4.69) is 41.5 Å². The molecule has 0 unspecified atom stereocenters. The zero-order valence-corrected chi connectivity index (χ0v) is 18.0. The number of benzene rings is 2. The Kier molecular flexibility index (Phi) is 7.25. The number of halogens is 2. The molecule has 4 heteroatoms. The van der Waals surface area contributed by atoms with Crippen LogP contribution in [0.4, 0.5) is 0 Å². The molecule has 0 aliphatic rings. The summed E-state index contributed by atoms with van der Waals surface area (Å²) in [5.41, 5.74) is 4.06. The van der Waals surface area contributed by atoms with Crippen molar-refractivity contribution in [3.63, 3.8) is 0 Å². The third-order valence-electron chi connectivity index (χ3n) is 4.01.